The number of benzene rings is 1. The number of hydrogen-bond acceptors (Lipinski definition) is 4. The molecule has 2 rings (SSSR count). The van der Waals surface area contributed by atoms with Crippen LogP contribution in [0.15, 0.2) is 30.0 Å². The molecule has 1 unspecified atom stereocenters. The van der Waals surface area contributed by atoms with Crippen molar-refractivity contribution in [2.24, 2.45) is 0 Å². The van der Waals surface area contributed by atoms with Gasteiger partial charge >= 0.3 is 5.97 Å². The van der Waals surface area contributed by atoms with E-state index in [4.69, 9.17) is 4.74 Å². The summed E-state index contributed by atoms with van der Waals surface area (Å²) in [6, 6.07) is 5.83. The van der Waals surface area contributed by atoms with Crippen molar-refractivity contribution in [1.29, 1.82) is 0 Å². The maximum atomic E-state index is 11.7. The number of aryl methyl sites for hydroxylation is 1. The Hall–Kier alpha value is -1.81. The Bertz CT molecular complexity index is 494. The van der Waals surface area contributed by atoms with Crippen molar-refractivity contribution in [1.82, 2.24) is 0 Å². The smallest absolute Gasteiger partial charge is 0.338 e. The first-order valence-corrected chi connectivity index (χ1v) is 6.12. The third kappa shape index (κ3) is 2.24. The lowest BCUT2D eigenvalue weighted by molar-refractivity contribution is -0.139. The molecule has 0 radical (unpaired) electrons. The highest BCUT2D eigenvalue weighted by atomic mass is 16.5. The van der Waals surface area contributed by atoms with Crippen molar-refractivity contribution >= 4 is 11.7 Å². The predicted molar refractivity (Wildman–Crippen MR) is 69.1 cm³/mol. The first kappa shape index (κ1) is 12.6. The molecule has 1 aromatic carbocycles. The van der Waals surface area contributed by atoms with Crippen LogP contribution in [0.3, 0.4) is 0 Å². The van der Waals surface area contributed by atoms with Gasteiger partial charge in [0.2, 0.25) is 0 Å². The fourth-order valence-corrected chi connectivity index (χ4v) is 1.98. The summed E-state index contributed by atoms with van der Waals surface area (Å²) < 4.78 is 4.92. The molecule has 0 spiro atoms. The number of nitrogens with one attached hydrogen (secondary N) is 1. The van der Waals surface area contributed by atoms with Gasteiger partial charge in [-0.1, -0.05) is 19.1 Å². The van der Waals surface area contributed by atoms with Crippen molar-refractivity contribution < 1.29 is 14.6 Å². The molecular weight excluding hydrogens is 230 g/mol. The van der Waals surface area contributed by atoms with E-state index in [1.807, 2.05) is 25.1 Å². The quantitative estimate of drug-likeness (QED) is 0.804. The first-order valence-electron chi connectivity index (χ1n) is 6.12. The summed E-state index contributed by atoms with van der Waals surface area (Å²) in [6.45, 7) is 4.08. The van der Waals surface area contributed by atoms with Crippen LogP contribution in [-0.2, 0) is 16.0 Å². The summed E-state index contributed by atoms with van der Waals surface area (Å²) >= 11 is 0. The van der Waals surface area contributed by atoms with E-state index in [1.165, 1.54) is 6.20 Å². The second kappa shape index (κ2) is 5.23. The number of hydrogen-bond donors (Lipinski definition) is 2. The molecule has 0 amide bonds. The highest BCUT2D eigenvalue weighted by molar-refractivity contribution is 5.91. The van der Waals surface area contributed by atoms with E-state index in [0.717, 1.165) is 23.2 Å². The van der Waals surface area contributed by atoms with E-state index >= 15 is 0 Å². The number of ether oxygens (including phenoxy) is 1. The standard InChI is InChI=1S/C14H17NO3/c1-3-9-5-6-12-10(7-9)13(16)11(8-15-12)14(17)18-4-2/h5-8,13,15-16H,3-4H2,1-2H3. The van der Waals surface area contributed by atoms with Gasteiger partial charge < -0.3 is 15.2 Å². The van der Waals surface area contributed by atoms with Crippen LogP contribution in [0, 0.1) is 0 Å². The monoisotopic (exact) mass is 247 g/mol. The third-order valence-electron chi connectivity index (χ3n) is 3.01. The number of aliphatic hydroxyl groups excluding tert-OH is 1. The van der Waals surface area contributed by atoms with Gasteiger partial charge in [0, 0.05) is 17.5 Å². The number of carbonyl (C=O) groups excluding carboxylic acids is 1. The zero-order valence-corrected chi connectivity index (χ0v) is 10.6. The van der Waals surface area contributed by atoms with Crippen LogP contribution in [0.1, 0.15) is 31.1 Å². The van der Waals surface area contributed by atoms with Gasteiger partial charge in [0.25, 0.3) is 0 Å². The molecular formula is C14H17NO3. The lowest BCUT2D eigenvalue weighted by Crippen LogP contribution is -2.20. The van der Waals surface area contributed by atoms with Gasteiger partial charge in [-0.3, -0.25) is 0 Å². The zero-order chi connectivity index (χ0) is 13.1. The average molecular weight is 247 g/mol. The van der Waals surface area contributed by atoms with Crippen LogP contribution >= 0.6 is 0 Å². The topological polar surface area (TPSA) is 58.6 Å². The maximum absolute atomic E-state index is 11.7. The normalized spacial score (nSPS) is 17.5. The number of carbonyl (C=O) groups is 1. The minimum atomic E-state index is -0.924. The van der Waals surface area contributed by atoms with E-state index in [-0.39, 0.29) is 5.57 Å². The van der Waals surface area contributed by atoms with Gasteiger partial charge in [-0.15, -0.1) is 0 Å². The van der Waals surface area contributed by atoms with Gasteiger partial charge in [0.05, 0.1) is 12.2 Å². The van der Waals surface area contributed by atoms with Gasteiger partial charge in [0.1, 0.15) is 6.10 Å². The number of anilines is 1. The Kier molecular flexibility index (Phi) is 3.67. The summed E-state index contributed by atoms with van der Waals surface area (Å²) in [7, 11) is 0. The van der Waals surface area contributed by atoms with E-state index in [2.05, 4.69) is 5.32 Å². The molecule has 0 fully saturated rings. The number of fused-ring (bicyclic) bond motifs is 1. The van der Waals surface area contributed by atoms with E-state index in [9.17, 15) is 9.90 Å². The summed E-state index contributed by atoms with van der Waals surface area (Å²) in [5.74, 6) is -0.481. The zero-order valence-electron chi connectivity index (χ0n) is 10.6. The molecule has 0 aliphatic carbocycles. The van der Waals surface area contributed by atoms with Gasteiger partial charge in [-0.2, -0.15) is 0 Å². The molecule has 4 nitrogen and oxygen atoms in total. The molecule has 0 saturated heterocycles. The second-order valence-electron chi connectivity index (χ2n) is 4.14. The molecule has 1 atom stereocenters. The van der Waals surface area contributed by atoms with Crippen LogP contribution in [0.25, 0.3) is 0 Å². The van der Waals surface area contributed by atoms with Crippen molar-refractivity contribution in [3.63, 3.8) is 0 Å². The molecule has 18 heavy (non-hydrogen) atoms. The number of rotatable bonds is 3. The Morgan fingerprint density at radius 1 is 1.44 bits per heavy atom. The van der Waals surface area contributed by atoms with Gasteiger partial charge in [-0.05, 0) is 25.0 Å². The van der Waals surface area contributed by atoms with Crippen LogP contribution in [-0.4, -0.2) is 17.7 Å². The van der Waals surface area contributed by atoms with Gasteiger partial charge in [-0.25, -0.2) is 4.79 Å². The number of aliphatic hydroxyl groups is 1. The SMILES string of the molecule is CCOC(=O)C1=CNc2ccc(CC)cc2C1O. The van der Waals surface area contributed by atoms with Crippen LogP contribution in [0.4, 0.5) is 5.69 Å². The third-order valence-corrected chi connectivity index (χ3v) is 3.01. The number of esters is 1. The molecule has 1 heterocycles. The predicted octanol–water partition coefficient (Wildman–Crippen LogP) is 2.15. The molecule has 1 aromatic rings. The lowest BCUT2D eigenvalue weighted by Gasteiger charge is -2.23. The maximum Gasteiger partial charge on any atom is 0.338 e. The molecule has 2 N–H and O–H groups in total. The minimum absolute atomic E-state index is 0.248. The Balaban J connectivity index is 2.31. The van der Waals surface area contributed by atoms with E-state index in [1.54, 1.807) is 6.92 Å². The summed E-state index contributed by atoms with van der Waals surface area (Å²) in [5, 5.41) is 13.2. The molecule has 0 bridgehead atoms. The molecule has 1 aliphatic rings. The molecule has 4 heteroatoms. The fraction of sp³-hybridized carbons (Fsp3) is 0.357. The average Bonchev–Trinajstić information content (AvgIpc) is 2.39. The Morgan fingerprint density at radius 2 is 2.22 bits per heavy atom. The van der Waals surface area contributed by atoms with E-state index < -0.39 is 12.1 Å². The van der Waals surface area contributed by atoms with Crippen LogP contribution < -0.4 is 5.32 Å². The van der Waals surface area contributed by atoms with Crippen LogP contribution in [0.5, 0.6) is 0 Å². The van der Waals surface area contributed by atoms with E-state index in [0.29, 0.717) is 6.61 Å². The molecule has 1 aliphatic heterocycles. The Labute approximate surface area is 106 Å². The fourth-order valence-electron chi connectivity index (χ4n) is 1.98. The second-order valence-corrected chi connectivity index (χ2v) is 4.14. The van der Waals surface area contributed by atoms with Crippen molar-refractivity contribution in [2.75, 3.05) is 11.9 Å². The highest BCUT2D eigenvalue weighted by Crippen LogP contribution is 2.33. The van der Waals surface area contributed by atoms with Crippen molar-refractivity contribution in [2.45, 2.75) is 26.4 Å². The highest BCUT2D eigenvalue weighted by Gasteiger charge is 2.27. The van der Waals surface area contributed by atoms with Crippen molar-refractivity contribution in [3.8, 4) is 0 Å². The molecule has 0 saturated carbocycles. The summed E-state index contributed by atoms with van der Waals surface area (Å²) in [6.07, 6.45) is 1.47. The van der Waals surface area contributed by atoms with Crippen LogP contribution in [0.2, 0.25) is 0 Å². The molecule has 0 aromatic heterocycles. The first-order chi connectivity index (χ1) is 8.67. The minimum Gasteiger partial charge on any atom is -0.463 e. The lowest BCUT2D eigenvalue weighted by atomic mass is 9.95. The largest absolute Gasteiger partial charge is 0.463 e. The summed E-state index contributed by atoms with van der Waals surface area (Å²) in [4.78, 5) is 11.7. The molecule has 96 valence electrons. The van der Waals surface area contributed by atoms with Gasteiger partial charge in [0.15, 0.2) is 0 Å². The summed E-state index contributed by atoms with van der Waals surface area (Å²) in [5.41, 5.74) is 2.92. The Morgan fingerprint density at radius 3 is 2.89 bits per heavy atom. The van der Waals surface area contributed by atoms with Crippen molar-refractivity contribution in [3.05, 3.63) is 41.1 Å².